The van der Waals surface area contributed by atoms with E-state index in [1.54, 1.807) is 0 Å². The van der Waals surface area contributed by atoms with Gasteiger partial charge in [0.25, 0.3) is 0 Å². The van der Waals surface area contributed by atoms with Gasteiger partial charge >= 0.3 is 5.97 Å². The van der Waals surface area contributed by atoms with E-state index < -0.39 is 0 Å². The summed E-state index contributed by atoms with van der Waals surface area (Å²) in [4.78, 5) is 15.0. The van der Waals surface area contributed by atoms with Gasteiger partial charge in [-0.2, -0.15) is 0 Å². The van der Waals surface area contributed by atoms with Crippen LogP contribution in [0.15, 0.2) is 65.1 Å². The molecule has 0 unspecified atom stereocenters. The highest BCUT2D eigenvalue weighted by Gasteiger charge is 2.23. The van der Waals surface area contributed by atoms with Gasteiger partial charge in [0.15, 0.2) is 0 Å². The lowest BCUT2D eigenvalue weighted by Crippen LogP contribution is -2.29. The predicted octanol–water partition coefficient (Wildman–Crippen LogP) is 5.65. The summed E-state index contributed by atoms with van der Waals surface area (Å²) in [6.45, 7) is 12.3. The van der Waals surface area contributed by atoms with Gasteiger partial charge in [-0.15, -0.1) is 0 Å². The van der Waals surface area contributed by atoms with Gasteiger partial charge in [-0.3, -0.25) is 0 Å². The Morgan fingerprint density at radius 2 is 1.65 bits per heavy atom. The molecule has 0 spiro atoms. The summed E-state index contributed by atoms with van der Waals surface area (Å²) < 4.78 is 13.9. The molecule has 5 nitrogen and oxygen atoms in total. The number of esters is 1. The van der Waals surface area contributed by atoms with E-state index in [0.717, 1.165) is 70.6 Å². The minimum Gasteiger partial charge on any atom is -0.465 e. The molecular formula is C29H33N2O3+. The predicted molar refractivity (Wildman–Crippen MR) is 140 cm³/mol. The maximum atomic E-state index is 12.7. The van der Waals surface area contributed by atoms with Crippen LogP contribution >= 0.6 is 0 Å². The van der Waals surface area contributed by atoms with E-state index in [9.17, 15) is 4.79 Å². The van der Waals surface area contributed by atoms with Crippen molar-refractivity contribution in [3.05, 3.63) is 71.6 Å². The minimum absolute atomic E-state index is 0.350. The maximum absolute atomic E-state index is 12.7. The zero-order valence-corrected chi connectivity index (χ0v) is 20.7. The van der Waals surface area contributed by atoms with Crippen LogP contribution in [0.5, 0.6) is 0 Å². The van der Waals surface area contributed by atoms with Crippen LogP contribution in [0.4, 0.5) is 5.69 Å². The second kappa shape index (κ2) is 10.1. The van der Waals surface area contributed by atoms with Crippen molar-refractivity contribution in [1.29, 1.82) is 0 Å². The van der Waals surface area contributed by atoms with Crippen molar-refractivity contribution >= 4 is 22.6 Å². The van der Waals surface area contributed by atoms with Gasteiger partial charge in [0, 0.05) is 47.4 Å². The van der Waals surface area contributed by atoms with Crippen LogP contribution in [0.2, 0.25) is 0 Å². The van der Waals surface area contributed by atoms with Gasteiger partial charge in [0.05, 0.1) is 18.7 Å². The van der Waals surface area contributed by atoms with E-state index in [1.807, 2.05) is 24.3 Å². The smallest absolute Gasteiger partial charge is 0.338 e. The van der Waals surface area contributed by atoms with Crippen molar-refractivity contribution in [2.75, 3.05) is 38.2 Å². The van der Waals surface area contributed by atoms with Crippen LogP contribution in [0, 0.1) is 0 Å². The number of nitrogens with zero attached hydrogens (tertiary/aromatic N) is 2. The van der Waals surface area contributed by atoms with Gasteiger partial charge < -0.3 is 14.1 Å². The average molecular weight is 458 g/mol. The SMILES string of the molecule is CCN(CC)c1ccc2c(-c3ccccc3C(=O)OC)c3ccc(=[N+](CC)CC)cc-3oc2c1. The molecule has 4 rings (SSSR count). The van der Waals surface area contributed by atoms with Crippen molar-refractivity contribution in [3.8, 4) is 22.5 Å². The summed E-state index contributed by atoms with van der Waals surface area (Å²) in [5, 5.41) is 2.09. The lowest BCUT2D eigenvalue weighted by atomic mass is 9.90. The molecule has 0 radical (unpaired) electrons. The molecule has 0 amide bonds. The van der Waals surface area contributed by atoms with Crippen molar-refractivity contribution in [1.82, 2.24) is 4.58 Å². The molecule has 0 bridgehead atoms. The van der Waals surface area contributed by atoms with Crippen molar-refractivity contribution in [2.24, 2.45) is 0 Å². The highest BCUT2D eigenvalue weighted by atomic mass is 16.5. The molecule has 1 heterocycles. The highest BCUT2D eigenvalue weighted by Crippen LogP contribution is 2.42. The fourth-order valence-corrected chi connectivity index (χ4v) is 4.72. The Balaban J connectivity index is 2.13. The number of ether oxygens (including phenoxy) is 1. The van der Waals surface area contributed by atoms with Gasteiger partial charge in [0.1, 0.15) is 24.4 Å². The molecule has 0 atom stereocenters. The highest BCUT2D eigenvalue weighted by molar-refractivity contribution is 6.08. The molecule has 1 aliphatic heterocycles. The summed E-state index contributed by atoms with van der Waals surface area (Å²) in [6.07, 6.45) is 0. The molecule has 2 aromatic carbocycles. The standard InChI is InChI=1S/C29H33N2O3/c1-6-30(7-2)20-14-16-24-26(18-20)34-27-19-21(31(8-3)9-4)15-17-25(27)28(24)22-12-10-11-13-23(22)29(32)33-5/h10-19H,6-9H2,1-5H3/q+1. The van der Waals surface area contributed by atoms with Crippen LogP contribution in [0.3, 0.4) is 0 Å². The number of carbonyl (C=O) groups is 1. The molecule has 34 heavy (non-hydrogen) atoms. The normalized spacial score (nSPS) is 11.1. The Kier molecular flexibility index (Phi) is 7.01. The maximum Gasteiger partial charge on any atom is 0.338 e. The summed E-state index contributed by atoms with van der Waals surface area (Å²) in [5.41, 5.74) is 5.24. The van der Waals surface area contributed by atoms with Crippen LogP contribution in [-0.2, 0) is 4.74 Å². The Hall–Kier alpha value is -3.60. The Labute approximate surface area is 201 Å². The molecule has 1 aliphatic carbocycles. The van der Waals surface area contributed by atoms with Gasteiger partial charge in [0.2, 0.25) is 5.36 Å². The van der Waals surface area contributed by atoms with Crippen molar-refractivity contribution in [2.45, 2.75) is 27.7 Å². The first-order chi connectivity index (χ1) is 16.6. The van der Waals surface area contributed by atoms with Crippen molar-refractivity contribution < 1.29 is 13.9 Å². The van der Waals surface area contributed by atoms with Gasteiger partial charge in [-0.25, -0.2) is 9.37 Å². The largest absolute Gasteiger partial charge is 0.465 e. The second-order valence-corrected chi connectivity index (χ2v) is 8.22. The van der Waals surface area contributed by atoms with Crippen LogP contribution in [0.1, 0.15) is 38.1 Å². The quantitative estimate of drug-likeness (QED) is 0.204. The molecular weight excluding hydrogens is 424 g/mol. The molecule has 2 aromatic rings. The van der Waals surface area contributed by atoms with Crippen molar-refractivity contribution in [3.63, 3.8) is 0 Å². The fourth-order valence-electron chi connectivity index (χ4n) is 4.72. The number of anilines is 1. The van der Waals surface area contributed by atoms with Crippen LogP contribution in [0.25, 0.3) is 33.4 Å². The summed E-state index contributed by atoms with van der Waals surface area (Å²) in [7, 11) is 1.42. The molecule has 0 aromatic heterocycles. The number of hydrogen-bond acceptors (Lipinski definition) is 4. The number of rotatable bonds is 7. The lowest BCUT2D eigenvalue weighted by Gasteiger charge is -2.22. The number of benzene rings is 3. The topological polar surface area (TPSA) is 45.7 Å². The Morgan fingerprint density at radius 1 is 0.912 bits per heavy atom. The van der Waals surface area contributed by atoms with Gasteiger partial charge in [-0.1, -0.05) is 18.2 Å². The first-order valence-corrected chi connectivity index (χ1v) is 12.1. The molecule has 2 aliphatic rings. The van der Waals surface area contributed by atoms with Crippen LogP contribution < -0.4 is 14.8 Å². The van der Waals surface area contributed by atoms with E-state index in [-0.39, 0.29) is 5.97 Å². The summed E-state index contributed by atoms with van der Waals surface area (Å²) >= 11 is 0. The zero-order valence-electron chi connectivity index (χ0n) is 20.7. The molecule has 5 heteroatoms. The first-order valence-electron chi connectivity index (χ1n) is 12.1. The number of hydrogen-bond donors (Lipinski definition) is 0. The Bertz CT molecular complexity index is 1360. The summed E-state index contributed by atoms with van der Waals surface area (Å²) in [5.74, 6) is 0.445. The van der Waals surface area contributed by atoms with E-state index in [0.29, 0.717) is 5.56 Å². The third kappa shape index (κ3) is 4.18. The second-order valence-electron chi connectivity index (χ2n) is 8.22. The zero-order chi connectivity index (χ0) is 24.2. The third-order valence-corrected chi connectivity index (χ3v) is 6.55. The number of carbonyl (C=O) groups excluding carboxylic acids is 1. The third-order valence-electron chi connectivity index (χ3n) is 6.55. The molecule has 0 saturated carbocycles. The number of methoxy groups -OCH3 is 1. The first kappa shape index (κ1) is 23.6. The van der Waals surface area contributed by atoms with Gasteiger partial charge in [-0.05, 0) is 57.5 Å². The molecule has 0 N–H and O–H groups in total. The summed E-state index contributed by atoms with van der Waals surface area (Å²) in [6, 6.07) is 20.3. The molecule has 0 saturated heterocycles. The monoisotopic (exact) mass is 457 g/mol. The minimum atomic E-state index is -0.350. The van der Waals surface area contributed by atoms with E-state index in [4.69, 9.17) is 9.15 Å². The lowest BCUT2D eigenvalue weighted by molar-refractivity contribution is 0.0601. The molecule has 176 valence electrons. The number of fused-ring (bicyclic) bond motifs is 2. The van der Waals surface area contributed by atoms with E-state index in [2.05, 4.69) is 73.6 Å². The Morgan fingerprint density at radius 3 is 2.32 bits per heavy atom. The van der Waals surface area contributed by atoms with Crippen LogP contribution in [-0.4, -0.2) is 39.3 Å². The molecule has 0 fully saturated rings. The van der Waals surface area contributed by atoms with E-state index >= 15 is 0 Å². The average Bonchev–Trinajstić information content (AvgIpc) is 2.88. The van der Waals surface area contributed by atoms with E-state index in [1.165, 1.54) is 7.11 Å². The fraction of sp³-hybridized carbons (Fsp3) is 0.310.